The largest absolute Gasteiger partial charge is 0.366 e. The van der Waals surface area contributed by atoms with Crippen LogP contribution in [0.25, 0.3) is 0 Å². The number of hydrogen-bond donors (Lipinski definition) is 2. The standard InChI is InChI=1S/C19H25N3O3/c1-13(23)22-17(14-8-4-2-5-9-14)16-12-21(15-10-6-3-7-11-15)18(24)19(16,25)20-22/h2,4-5,8-9,15-17,20,25H,3,6-7,10-12H2,1H3. The van der Waals surface area contributed by atoms with Gasteiger partial charge < -0.3 is 10.0 Å². The Morgan fingerprint density at radius 3 is 2.52 bits per heavy atom. The quantitative estimate of drug-likeness (QED) is 0.855. The first-order chi connectivity index (χ1) is 12.0. The van der Waals surface area contributed by atoms with E-state index in [9.17, 15) is 14.7 Å². The Morgan fingerprint density at radius 1 is 1.20 bits per heavy atom. The van der Waals surface area contributed by atoms with E-state index in [4.69, 9.17) is 0 Å². The summed E-state index contributed by atoms with van der Waals surface area (Å²) in [4.78, 5) is 27.0. The van der Waals surface area contributed by atoms with Crippen LogP contribution in [0.3, 0.4) is 0 Å². The highest BCUT2D eigenvalue weighted by Crippen LogP contribution is 2.46. The molecule has 0 aromatic heterocycles. The second-order valence-electron chi connectivity index (χ2n) is 7.48. The SMILES string of the molecule is CC(=O)N1NC2(O)C(=O)N(C3CCCCC3)CC2C1c1ccccc1. The molecule has 0 bridgehead atoms. The van der Waals surface area contributed by atoms with Crippen molar-refractivity contribution in [1.82, 2.24) is 15.3 Å². The average molecular weight is 343 g/mol. The Bertz CT molecular complexity index is 674. The van der Waals surface area contributed by atoms with Gasteiger partial charge in [0.15, 0.2) is 0 Å². The Labute approximate surface area is 147 Å². The summed E-state index contributed by atoms with van der Waals surface area (Å²) in [5.74, 6) is -0.851. The fourth-order valence-electron chi connectivity index (χ4n) is 4.71. The van der Waals surface area contributed by atoms with E-state index in [-0.39, 0.29) is 29.8 Å². The summed E-state index contributed by atoms with van der Waals surface area (Å²) in [5, 5.41) is 12.6. The highest BCUT2D eigenvalue weighted by molar-refractivity contribution is 5.89. The lowest BCUT2D eigenvalue weighted by Crippen LogP contribution is -2.56. The zero-order valence-electron chi connectivity index (χ0n) is 14.5. The van der Waals surface area contributed by atoms with Gasteiger partial charge in [0.1, 0.15) is 0 Å². The van der Waals surface area contributed by atoms with Crippen LogP contribution in [0.5, 0.6) is 0 Å². The lowest BCUT2D eigenvalue weighted by Gasteiger charge is -2.34. The van der Waals surface area contributed by atoms with E-state index in [0.29, 0.717) is 6.54 Å². The van der Waals surface area contributed by atoms with Crippen LogP contribution in [0.1, 0.15) is 50.6 Å². The van der Waals surface area contributed by atoms with Gasteiger partial charge in [-0.15, -0.1) is 0 Å². The molecule has 1 aliphatic carbocycles. The number of benzene rings is 1. The molecular weight excluding hydrogens is 318 g/mol. The Balaban J connectivity index is 1.68. The molecule has 2 heterocycles. The molecule has 2 aliphatic heterocycles. The number of nitrogens with one attached hydrogen (secondary N) is 1. The predicted molar refractivity (Wildman–Crippen MR) is 91.9 cm³/mol. The molecule has 3 atom stereocenters. The van der Waals surface area contributed by atoms with E-state index in [1.165, 1.54) is 18.4 Å². The third kappa shape index (κ3) is 2.55. The smallest absolute Gasteiger partial charge is 0.272 e. The van der Waals surface area contributed by atoms with Gasteiger partial charge in [-0.1, -0.05) is 49.6 Å². The molecule has 3 aliphatic rings. The number of carbonyl (C=O) groups excluding carboxylic acids is 2. The minimum absolute atomic E-state index is 0.200. The third-order valence-corrected chi connectivity index (χ3v) is 5.96. The summed E-state index contributed by atoms with van der Waals surface area (Å²) in [6.07, 6.45) is 5.48. The lowest BCUT2D eigenvalue weighted by atomic mass is 9.88. The van der Waals surface area contributed by atoms with Crippen LogP contribution < -0.4 is 5.43 Å². The van der Waals surface area contributed by atoms with E-state index in [1.807, 2.05) is 35.2 Å². The molecule has 0 radical (unpaired) electrons. The minimum atomic E-state index is -1.69. The van der Waals surface area contributed by atoms with E-state index in [0.717, 1.165) is 31.2 Å². The third-order valence-electron chi connectivity index (χ3n) is 5.96. The first-order valence-electron chi connectivity index (χ1n) is 9.18. The highest BCUT2D eigenvalue weighted by Gasteiger charge is 2.64. The minimum Gasteiger partial charge on any atom is -0.366 e. The van der Waals surface area contributed by atoms with Crippen LogP contribution in [-0.2, 0) is 9.59 Å². The summed E-state index contributed by atoms with van der Waals surface area (Å²) in [5.41, 5.74) is 2.09. The number of hydrazine groups is 1. The fourth-order valence-corrected chi connectivity index (χ4v) is 4.71. The summed E-state index contributed by atoms with van der Waals surface area (Å²) in [6.45, 7) is 1.94. The summed E-state index contributed by atoms with van der Waals surface area (Å²) in [6, 6.07) is 9.51. The van der Waals surface area contributed by atoms with Crippen molar-refractivity contribution in [1.29, 1.82) is 0 Å². The number of likely N-dealkylation sites (tertiary alicyclic amines) is 1. The number of rotatable bonds is 2. The van der Waals surface area contributed by atoms with Gasteiger partial charge in [0.25, 0.3) is 5.91 Å². The van der Waals surface area contributed by atoms with Gasteiger partial charge in [-0.25, -0.2) is 0 Å². The first kappa shape index (κ1) is 16.5. The van der Waals surface area contributed by atoms with Gasteiger partial charge in [-0.05, 0) is 18.4 Å². The number of carbonyl (C=O) groups is 2. The zero-order valence-corrected chi connectivity index (χ0v) is 14.5. The monoisotopic (exact) mass is 343 g/mol. The van der Waals surface area contributed by atoms with Gasteiger partial charge in [0.05, 0.1) is 12.0 Å². The number of nitrogens with zero attached hydrogens (tertiary/aromatic N) is 2. The van der Waals surface area contributed by atoms with E-state index in [1.54, 1.807) is 0 Å². The second kappa shape index (κ2) is 6.11. The maximum absolute atomic E-state index is 13.0. The molecule has 1 aromatic carbocycles. The Kier molecular flexibility index (Phi) is 4.04. The van der Waals surface area contributed by atoms with Crippen molar-refractivity contribution in [3.63, 3.8) is 0 Å². The van der Waals surface area contributed by atoms with Crippen molar-refractivity contribution in [2.45, 2.75) is 56.8 Å². The molecule has 1 saturated carbocycles. The molecule has 6 nitrogen and oxygen atoms in total. The number of aliphatic hydroxyl groups is 1. The van der Waals surface area contributed by atoms with Crippen LogP contribution in [0.15, 0.2) is 30.3 Å². The van der Waals surface area contributed by atoms with Gasteiger partial charge in [-0.2, -0.15) is 5.43 Å². The number of amides is 2. The van der Waals surface area contributed by atoms with Gasteiger partial charge in [0, 0.05) is 19.5 Å². The predicted octanol–water partition coefficient (Wildman–Crippen LogP) is 1.57. The molecule has 2 N–H and O–H groups in total. The molecule has 134 valence electrons. The van der Waals surface area contributed by atoms with Crippen molar-refractivity contribution >= 4 is 11.8 Å². The summed E-state index contributed by atoms with van der Waals surface area (Å²) < 4.78 is 0. The maximum atomic E-state index is 13.0. The Morgan fingerprint density at radius 2 is 1.88 bits per heavy atom. The molecule has 0 spiro atoms. The molecule has 1 aromatic rings. The van der Waals surface area contributed by atoms with E-state index < -0.39 is 5.72 Å². The topological polar surface area (TPSA) is 72.9 Å². The van der Waals surface area contributed by atoms with Crippen molar-refractivity contribution in [3.05, 3.63) is 35.9 Å². The Hall–Kier alpha value is -1.92. The van der Waals surface area contributed by atoms with Crippen LogP contribution in [0.4, 0.5) is 0 Å². The normalized spacial score (nSPS) is 33.0. The zero-order chi connectivity index (χ0) is 17.6. The number of fused-ring (bicyclic) bond motifs is 1. The summed E-state index contributed by atoms with van der Waals surface area (Å²) in [7, 11) is 0. The van der Waals surface area contributed by atoms with Crippen LogP contribution in [0, 0.1) is 5.92 Å². The maximum Gasteiger partial charge on any atom is 0.272 e. The van der Waals surface area contributed by atoms with Gasteiger partial charge >= 0.3 is 0 Å². The molecule has 25 heavy (non-hydrogen) atoms. The van der Waals surface area contributed by atoms with E-state index >= 15 is 0 Å². The van der Waals surface area contributed by atoms with Crippen molar-refractivity contribution in [2.75, 3.05) is 6.54 Å². The second-order valence-corrected chi connectivity index (χ2v) is 7.48. The highest BCUT2D eigenvalue weighted by atomic mass is 16.3. The summed E-state index contributed by atoms with van der Waals surface area (Å²) >= 11 is 0. The van der Waals surface area contributed by atoms with Gasteiger partial charge in [0.2, 0.25) is 11.6 Å². The average Bonchev–Trinajstić information content (AvgIpc) is 3.07. The molecule has 4 rings (SSSR count). The van der Waals surface area contributed by atoms with Crippen molar-refractivity contribution in [3.8, 4) is 0 Å². The van der Waals surface area contributed by atoms with Crippen molar-refractivity contribution in [2.24, 2.45) is 5.92 Å². The van der Waals surface area contributed by atoms with Crippen LogP contribution in [-0.4, -0.2) is 45.1 Å². The van der Waals surface area contributed by atoms with Gasteiger partial charge in [-0.3, -0.25) is 14.6 Å². The van der Waals surface area contributed by atoms with Crippen molar-refractivity contribution < 1.29 is 14.7 Å². The fraction of sp³-hybridized carbons (Fsp3) is 0.579. The molecule has 6 heteroatoms. The van der Waals surface area contributed by atoms with Crippen LogP contribution in [0.2, 0.25) is 0 Å². The molecule has 2 saturated heterocycles. The number of hydrogen-bond acceptors (Lipinski definition) is 4. The van der Waals surface area contributed by atoms with E-state index in [2.05, 4.69) is 5.43 Å². The molecule has 2 amide bonds. The molecular formula is C19H25N3O3. The molecule has 3 fully saturated rings. The molecule has 3 unspecified atom stereocenters. The first-order valence-corrected chi connectivity index (χ1v) is 9.18. The lowest BCUT2D eigenvalue weighted by molar-refractivity contribution is -0.153. The van der Waals surface area contributed by atoms with Crippen LogP contribution >= 0.6 is 0 Å².